The molecule has 0 N–H and O–H groups in total. The zero-order valence-corrected chi connectivity index (χ0v) is 13.6. The average Bonchev–Trinajstić information content (AvgIpc) is 2.81. The summed E-state index contributed by atoms with van der Waals surface area (Å²) in [6.07, 6.45) is 1.94. The predicted octanol–water partition coefficient (Wildman–Crippen LogP) is 4.25. The highest BCUT2D eigenvalue weighted by Crippen LogP contribution is 2.21. The van der Waals surface area contributed by atoms with Crippen LogP contribution < -0.4 is 4.90 Å². The van der Waals surface area contributed by atoms with Gasteiger partial charge in [0.1, 0.15) is 5.69 Å². The van der Waals surface area contributed by atoms with E-state index in [9.17, 15) is 4.79 Å². The van der Waals surface area contributed by atoms with Crippen LogP contribution in [0.2, 0.25) is 0 Å². The molecule has 1 heterocycles. The van der Waals surface area contributed by atoms with Crippen molar-refractivity contribution in [2.24, 2.45) is 0 Å². The molecule has 1 amide bonds. The van der Waals surface area contributed by atoms with E-state index in [-0.39, 0.29) is 5.91 Å². The molecule has 1 aromatic carbocycles. The number of hydrogen-bond acceptors (Lipinski definition) is 1. The molecule has 0 aliphatic carbocycles. The number of benzene rings is 1. The largest absolute Gasteiger partial charge is 0.343 e. The van der Waals surface area contributed by atoms with Crippen molar-refractivity contribution in [1.82, 2.24) is 4.57 Å². The van der Waals surface area contributed by atoms with E-state index in [4.69, 9.17) is 0 Å². The van der Waals surface area contributed by atoms with Crippen LogP contribution in [0.15, 0.2) is 41.0 Å². The minimum Gasteiger partial charge on any atom is -0.343 e. The van der Waals surface area contributed by atoms with Crippen LogP contribution in [0.1, 0.15) is 29.9 Å². The van der Waals surface area contributed by atoms with Crippen LogP contribution in [0.5, 0.6) is 0 Å². The number of hydrogen-bond donors (Lipinski definition) is 0. The molecule has 0 fully saturated rings. The first kappa shape index (κ1) is 14.9. The van der Waals surface area contributed by atoms with E-state index >= 15 is 0 Å². The Morgan fingerprint density at radius 2 is 2.05 bits per heavy atom. The summed E-state index contributed by atoms with van der Waals surface area (Å²) in [5.74, 6) is 0.0330. The first-order valence-corrected chi connectivity index (χ1v) is 7.60. The summed E-state index contributed by atoms with van der Waals surface area (Å²) < 4.78 is 2.90. The molecular weight excluding hydrogens is 316 g/mol. The van der Waals surface area contributed by atoms with Gasteiger partial charge in [0.05, 0.1) is 0 Å². The van der Waals surface area contributed by atoms with Crippen molar-refractivity contribution in [3.63, 3.8) is 0 Å². The Labute approximate surface area is 128 Å². The van der Waals surface area contributed by atoms with Crippen molar-refractivity contribution >= 4 is 27.5 Å². The number of carbonyl (C=O) groups is 1. The molecule has 0 saturated carbocycles. The third kappa shape index (κ3) is 2.96. The SMILES string of the molecule is CCN(C(=O)c1cc(Br)cn1CC)c1cccc(C)c1. The van der Waals surface area contributed by atoms with Gasteiger partial charge >= 0.3 is 0 Å². The van der Waals surface area contributed by atoms with Crippen molar-refractivity contribution in [3.05, 3.63) is 52.3 Å². The first-order chi connectivity index (χ1) is 9.56. The lowest BCUT2D eigenvalue weighted by atomic mass is 10.2. The van der Waals surface area contributed by atoms with Crippen molar-refractivity contribution in [2.45, 2.75) is 27.3 Å². The molecule has 106 valence electrons. The van der Waals surface area contributed by atoms with Crippen LogP contribution in [0.3, 0.4) is 0 Å². The van der Waals surface area contributed by atoms with E-state index in [2.05, 4.69) is 15.9 Å². The zero-order chi connectivity index (χ0) is 14.7. The van der Waals surface area contributed by atoms with Crippen molar-refractivity contribution in [2.75, 3.05) is 11.4 Å². The molecule has 4 heteroatoms. The van der Waals surface area contributed by atoms with Gasteiger partial charge in [-0.15, -0.1) is 0 Å². The van der Waals surface area contributed by atoms with E-state index in [1.807, 2.05) is 61.9 Å². The molecule has 3 nitrogen and oxygen atoms in total. The Balaban J connectivity index is 2.38. The third-order valence-electron chi connectivity index (χ3n) is 3.30. The molecule has 0 unspecified atom stereocenters. The quantitative estimate of drug-likeness (QED) is 0.820. The molecule has 0 radical (unpaired) electrons. The number of rotatable bonds is 4. The zero-order valence-electron chi connectivity index (χ0n) is 12.1. The number of nitrogens with zero attached hydrogens (tertiary/aromatic N) is 2. The Morgan fingerprint density at radius 3 is 2.65 bits per heavy atom. The van der Waals surface area contributed by atoms with Crippen LogP contribution in [0, 0.1) is 6.92 Å². The lowest BCUT2D eigenvalue weighted by Crippen LogP contribution is -2.32. The topological polar surface area (TPSA) is 25.2 Å². The molecule has 20 heavy (non-hydrogen) atoms. The summed E-state index contributed by atoms with van der Waals surface area (Å²) in [6.45, 7) is 7.49. The summed E-state index contributed by atoms with van der Waals surface area (Å²) in [5.41, 5.74) is 2.81. The molecular formula is C16H19BrN2O. The molecule has 0 atom stereocenters. The molecule has 0 spiro atoms. The fourth-order valence-corrected chi connectivity index (χ4v) is 2.76. The highest BCUT2D eigenvalue weighted by atomic mass is 79.9. The molecule has 0 aliphatic rings. The van der Waals surface area contributed by atoms with Gasteiger partial charge in [-0.25, -0.2) is 0 Å². The first-order valence-electron chi connectivity index (χ1n) is 6.81. The van der Waals surface area contributed by atoms with E-state index in [1.165, 1.54) is 0 Å². The number of amides is 1. The summed E-state index contributed by atoms with van der Waals surface area (Å²) >= 11 is 3.44. The maximum absolute atomic E-state index is 12.8. The van der Waals surface area contributed by atoms with E-state index in [1.54, 1.807) is 4.90 Å². The second-order valence-electron chi connectivity index (χ2n) is 4.72. The number of halogens is 1. The Morgan fingerprint density at radius 1 is 1.30 bits per heavy atom. The molecule has 0 bridgehead atoms. The van der Waals surface area contributed by atoms with Gasteiger partial charge in [-0.1, -0.05) is 12.1 Å². The van der Waals surface area contributed by atoms with Crippen molar-refractivity contribution < 1.29 is 4.79 Å². The average molecular weight is 335 g/mol. The predicted molar refractivity (Wildman–Crippen MR) is 86.3 cm³/mol. The maximum atomic E-state index is 12.8. The highest BCUT2D eigenvalue weighted by molar-refractivity contribution is 9.10. The van der Waals surface area contributed by atoms with E-state index in [0.717, 1.165) is 22.3 Å². The minimum absolute atomic E-state index is 0.0330. The summed E-state index contributed by atoms with van der Waals surface area (Å²) in [7, 11) is 0. The number of carbonyl (C=O) groups excluding carboxylic acids is 1. The van der Waals surface area contributed by atoms with Crippen LogP contribution in [-0.4, -0.2) is 17.0 Å². The van der Waals surface area contributed by atoms with Crippen molar-refractivity contribution in [1.29, 1.82) is 0 Å². The normalized spacial score (nSPS) is 10.6. The van der Waals surface area contributed by atoms with Gasteiger partial charge in [-0.05, 0) is 60.5 Å². The lowest BCUT2D eigenvalue weighted by molar-refractivity contribution is 0.0979. The van der Waals surface area contributed by atoms with Gasteiger partial charge in [-0.2, -0.15) is 0 Å². The van der Waals surface area contributed by atoms with Crippen LogP contribution in [-0.2, 0) is 6.54 Å². The second kappa shape index (κ2) is 6.27. The van der Waals surface area contributed by atoms with Gasteiger partial charge in [-0.3, -0.25) is 4.79 Å². The summed E-state index contributed by atoms with van der Waals surface area (Å²) in [4.78, 5) is 14.6. The van der Waals surface area contributed by atoms with Crippen molar-refractivity contribution in [3.8, 4) is 0 Å². The van der Waals surface area contributed by atoms with Crippen LogP contribution in [0.25, 0.3) is 0 Å². The molecule has 2 rings (SSSR count). The minimum atomic E-state index is 0.0330. The van der Waals surface area contributed by atoms with Gasteiger partial charge in [0, 0.05) is 29.4 Å². The third-order valence-corrected chi connectivity index (χ3v) is 3.73. The molecule has 2 aromatic rings. The summed E-state index contributed by atoms with van der Waals surface area (Å²) in [6, 6.07) is 9.91. The molecule has 0 saturated heterocycles. The molecule has 0 aliphatic heterocycles. The summed E-state index contributed by atoms with van der Waals surface area (Å²) in [5, 5.41) is 0. The van der Waals surface area contributed by atoms with Gasteiger partial charge in [0.15, 0.2) is 0 Å². The van der Waals surface area contributed by atoms with Gasteiger partial charge < -0.3 is 9.47 Å². The standard InChI is InChI=1S/C16H19BrN2O/c1-4-18-11-13(17)10-15(18)16(20)19(5-2)14-8-6-7-12(3)9-14/h6-11H,4-5H2,1-3H3. The highest BCUT2D eigenvalue weighted by Gasteiger charge is 2.20. The number of aryl methyl sites for hydroxylation is 2. The van der Waals surface area contributed by atoms with E-state index in [0.29, 0.717) is 12.2 Å². The van der Waals surface area contributed by atoms with E-state index < -0.39 is 0 Å². The molecule has 1 aromatic heterocycles. The number of aromatic nitrogens is 1. The second-order valence-corrected chi connectivity index (χ2v) is 5.63. The fraction of sp³-hybridized carbons (Fsp3) is 0.312. The number of anilines is 1. The monoisotopic (exact) mass is 334 g/mol. The Hall–Kier alpha value is -1.55. The lowest BCUT2D eigenvalue weighted by Gasteiger charge is -2.22. The Kier molecular flexibility index (Phi) is 4.65. The van der Waals surface area contributed by atoms with Crippen LogP contribution in [0.4, 0.5) is 5.69 Å². The van der Waals surface area contributed by atoms with Gasteiger partial charge in [0.2, 0.25) is 0 Å². The Bertz CT molecular complexity index is 619. The fourth-order valence-electron chi connectivity index (χ4n) is 2.29. The smallest absolute Gasteiger partial charge is 0.274 e. The van der Waals surface area contributed by atoms with Gasteiger partial charge in [0.25, 0.3) is 5.91 Å². The maximum Gasteiger partial charge on any atom is 0.274 e. The van der Waals surface area contributed by atoms with Crippen LogP contribution >= 0.6 is 15.9 Å².